The van der Waals surface area contributed by atoms with Crippen molar-refractivity contribution in [1.82, 2.24) is 5.06 Å². The van der Waals surface area contributed by atoms with Crippen LogP contribution >= 0.6 is 11.6 Å². The molecular weight excluding hydrogens is 412 g/mol. The Morgan fingerprint density at radius 3 is 2.43 bits per heavy atom. The van der Waals surface area contributed by atoms with Crippen LogP contribution in [0.4, 0.5) is 5.69 Å². The fourth-order valence-corrected chi connectivity index (χ4v) is 2.87. The van der Waals surface area contributed by atoms with Crippen LogP contribution in [0.2, 0.25) is 5.02 Å². The molecule has 0 spiro atoms. The van der Waals surface area contributed by atoms with Crippen molar-refractivity contribution in [2.45, 2.75) is 0 Å². The summed E-state index contributed by atoms with van der Waals surface area (Å²) in [6, 6.07) is 6.39. The van der Waals surface area contributed by atoms with Gasteiger partial charge in [0.25, 0.3) is 10.1 Å². The van der Waals surface area contributed by atoms with Crippen molar-refractivity contribution in [3.63, 3.8) is 0 Å². The molecule has 2 rings (SSSR count). The predicted octanol–water partition coefficient (Wildman–Crippen LogP) is 1.90. The number of ether oxygens (including phenoxy) is 1. The van der Waals surface area contributed by atoms with E-state index in [0.29, 0.717) is 28.3 Å². The first-order chi connectivity index (χ1) is 12.9. The lowest BCUT2D eigenvalue weighted by atomic mass is 10.1. The number of anilines is 1. The average Bonchev–Trinajstić information content (AvgIpc) is 3.03. The molecule has 0 aliphatic carbocycles. The van der Waals surface area contributed by atoms with E-state index in [1.807, 2.05) is 0 Å². The van der Waals surface area contributed by atoms with E-state index in [0.717, 1.165) is 0 Å². The Morgan fingerprint density at radius 1 is 1.29 bits per heavy atom. The number of furan rings is 1. The monoisotopic (exact) mass is 430 g/mol. The predicted molar refractivity (Wildman–Crippen MR) is 104 cm³/mol. The first-order valence-electron chi connectivity index (χ1n) is 7.67. The highest BCUT2D eigenvalue weighted by Gasteiger charge is 2.31. The Bertz CT molecular complexity index is 1020. The zero-order valence-electron chi connectivity index (χ0n) is 15.5. The zero-order chi connectivity index (χ0) is 21.2. The minimum Gasteiger partial charge on any atom is -0.496 e. The maximum absolute atomic E-state index is 12.8. The molecule has 1 amide bonds. The summed E-state index contributed by atoms with van der Waals surface area (Å²) in [6.45, 7) is 0. The Hall–Kier alpha value is -2.76. The van der Waals surface area contributed by atoms with Crippen LogP contribution in [-0.4, -0.2) is 52.8 Å². The number of benzene rings is 1. The standard InChI is InChI=1S/C16H19ClN4O6S/c1-20(2)11-8-13(10-7-9(17)5-6-12(10)25-3)26-14(11)15(22)21(16(18)19)27-28(4,23)24/h5-8H,1-4H3,(H3,18,19). The summed E-state index contributed by atoms with van der Waals surface area (Å²) in [4.78, 5) is 14.4. The van der Waals surface area contributed by atoms with Gasteiger partial charge in [0.15, 0.2) is 0 Å². The van der Waals surface area contributed by atoms with Gasteiger partial charge in [-0.3, -0.25) is 10.2 Å². The van der Waals surface area contributed by atoms with Gasteiger partial charge in [-0.05, 0) is 18.2 Å². The molecule has 1 heterocycles. The first-order valence-corrected chi connectivity index (χ1v) is 9.87. The van der Waals surface area contributed by atoms with Gasteiger partial charge in [-0.15, -0.1) is 9.35 Å². The van der Waals surface area contributed by atoms with Gasteiger partial charge in [-0.1, -0.05) is 11.6 Å². The van der Waals surface area contributed by atoms with Gasteiger partial charge in [0.2, 0.25) is 11.7 Å². The van der Waals surface area contributed by atoms with Crippen LogP contribution in [0.5, 0.6) is 5.75 Å². The summed E-state index contributed by atoms with van der Waals surface area (Å²) in [5, 5.41) is 7.99. The third-order valence-electron chi connectivity index (χ3n) is 3.43. The zero-order valence-corrected chi connectivity index (χ0v) is 17.1. The van der Waals surface area contributed by atoms with E-state index in [-0.39, 0.29) is 16.6 Å². The van der Waals surface area contributed by atoms with Crippen molar-refractivity contribution in [2.75, 3.05) is 32.4 Å². The molecule has 1 aromatic heterocycles. The van der Waals surface area contributed by atoms with Gasteiger partial charge in [0.05, 0.1) is 24.6 Å². The summed E-state index contributed by atoms with van der Waals surface area (Å²) < 4.78 is 38.3. The summed E-state index contributed by atoms with van der Waals surface area (Å²) in [6.07, 6.45) is 0.716. The van der Waals surface area contributed by atoms with Crippen LogP contribution in [0.25, 0.3) is 11.3 Å². The molecule has 0 saturated carbocycles. The number of carbonyl (C=O) groups excluding carboxylic acids is 1. The van der Waals surface area contributed by atoms with Crippen molar-refractivity contribution in [1.29, 1.82) is 5.41 Å². The first kappa shape index (κ1) is 21.5. The molecule has 3 N–H and O–H groups in total. The molecule has 0 radical (unpaired) electrons. The van der Waals surface area contributed by atoms with Crippen LogP contribution in [0, 0.1) is 5.41 Å². The molecule has 2 aromatic rings. The van der Waals surface area contributed by atoms with Crippen molar-refractivity contribution >= 4 is 39.3 Å². The Kier molecular flexibility index (Phi) is 6.22. The summed E-state index contributed by atoms with van der Waals surface area (Å²) in [7, 11) is 0.638. The molecule has 10 nitrogen and oxygen atoms in total. The molecule has 1 aromatic carbocycles. The summed E-state index contributed by atoms with van der Waals surface area (Å²) in [5.74, 6) is -1.62. The second kappa shape index (κ2) is 8.09. The molecule has 12 heteroatoms. The molecule has 0 aliphatic heterocycles. The normalized spacial score (nSPS) is 11.2. The van der Waals surface area contributed by atoms with Gasteiger partial charge < -0.3 is 19.8 Å². The minimum atomic E-state index is -4.12. The minimum absolute atomic E-state index is 0.125. The van der Waals surface area contributed by atoms with E-state index < -0.39 is 22.0 Å². The van der Waals surface area contributed by atoms with Gasteiger partial charge in [-0.25, -0.2) is 0 Å². The molecule has 0 unspecified atom stereocenters. The summed E-state index contributed by atoms with van der Waals surface area (Å²) in [5.41, 5.74) is 6.06. The van der Waals surface area contributed by atoms with Crippen LogP contribution < -0.4 is 15.4 Å². The van der Waals surface area contributed by atoms with E-state index in [4.69, 9.17) is 31.9 Å². The number of hydrogen-bond acceptors (Lipinski definition) is 8. The number of methoxy groups -OCH3 is 1. The second-order valence-electron chi connectivity index (χ2n) is 5.83. The maximum atomic E-state index is 12.8. The quantitative estimate of drug-likeness (QED) is 0.402. The number of hydroxylamine groups is 2. The fraction of sp³-hybridized carbons (Fsp3) is 0.250. The van der Waals surface area contributed by atoms with Gasteiger partial charge >= 0.3 is 5.91 Å². The maximum Gasteiger partial charge on any atom is 0.323 e. The van der Waals surface area contributed by atoms with Crippen LogP contribution in [-0.2, 0) is 14.4 Å². The Labute approximate surface area is 166 Å². The number of halogens is 1. The molecular formula is C16H19ClN4O6S. The SMILES string of the molecule is COc1ccc(Cl)cc1-c1cc(N(C)C)c(C(=O)N(OS(C)(=O)=O)C(=N)N)o1. The highest BCUT2D eigenvalue weighted by Crippen LogP contribution is 2.37. The molecule has 0 bridgehead atoms. The Balaban J connectivity index is 2.61. The van der Waals surface area contributed by atoms with E-state index in [1.165, 1.54) is 7.11 Å². The summed E-state index contributed by atoms with van der Waals surface area (Å²) >= 11 is 6.05. The van der Waals surface area contributed by atoms with Gasteiger partial charge in [0.1, 0.15) is 11.5 Å². The fourth-order valence-electron chi connectivity index (χ4n) is 2.28. The number of nitrogens with one attached hydrogen (secondary N) is 1. The highest BCUT2D eigenvalue weighted by atomic mass is 35.5. The van der Waals surface area contributed by atoms with Crippen LogP contribution in [0.15, 0.2) is 28.7 Å². The molecule has 0 aliphatic rings. The number of guanidine groups is 1. The van der Waals surface area contributed by atoms with Gasteiger partial charge in [-0.2, -0.15) is 8.42 Å². The molecule has 152 valence electrons. The van der Waals surface area contributed by atoms with E-state index in [1.54, 1.807) is 43.3 Å². The Morgan fingerprint density at radius 2 is 1.93 bits per heavy atom. The largest absolute Gasteiger partial charge is 0.496 e. The number of nitrogens with zero attached hydrogens (tertiary/aromatic N) is 2. The van der Waals surface area contributed by atoms with Crippen molar-refractivity contribution in [3.05, 3.63) is 35.0 Å². The van der Waals surface area contributed by atoms with Crippen molar-refractivity contribution < 1.29 is 26.7 Å². The number of amides is 1. The van der Waals surface area contributed by atoms with Crippen LogP contribution in [0.1, 0.15) is 10.6 Å². The molecule has 0 atom stereocenters. The topological polar surface area (TPSA) is 139 Å². The smallest absolute Gasteiger partial charge is 0.323 e. The lowest BCUT2D eigenvalue weighted by Gasteiger charge is -2.18. The van der Waals surface area contributed by atoms with Gasteiger partial charge in [0, 0.05) is 25.2 Å². The average molecular weight is 431 g/mol. The van der Waals surface area contributed by atoms with E-state index in [9.17, 15) is 13.2 Å². The second-order valence-corrected chi connectivity index (χ2v) is 7.82. The lowest BCUT2D eigenvalue weighted by molar-refractivity contribution is 0.0174. The number of rotatable bonds is 6. The third kappa shape index (κ3) is 4.74. The van der Waals surface area contributed by atoms with Crippen molar-refractivity contribution in [2.24, 2.45) is 5.73 Å². The number of nitrogens with two attached hydrogens (primary N) is 1. The van der Waals surface area contributed by atoms with Crippen molar-refractivity contribution in [3.8, 4) is 17.1 Å². The molecule has 28 heavy (non-hydrogen) atoms. The van der Waals surface area contributed by atoms with Crippen LogP contribution in [0.3, 0.4) is 0 Å². The van der Waals surface area contributed by atoms with E-state index in [2.05, 4.69) is 4.28 Å². The number of hydrogen-bond donors (Lipinski definition) is 2. The highest BCUT2D eigenvalue weighted by molar-refractivity contribution is 7.85. The van der Waals surface area contributed by atoms with E-state index >= 15 is 0 Å². The third-order valence-corrected chi connectivity index (χ3v) is 4.08. The lowest BCUT2D eigenvalue weighted by Crippen LogP contribution is -2.42. The molecule has 0 fully saturated rings. The molecule has 0 saturated heterocycles. The number of carbonyl (C=O) groups is 1.